The molecule has 1 aromatic carbocycles. The molecule has 2 aliphatic rings. The topological polar surface area (TPSA) is 198 Å². The molecule has 18 heteroatoms. The number of ether oxygens (including phenoxy) is 7. The summed E-state index contributed by atoms with van der Waals surface area (Å²) in [5, 5.41) is 3.56. The number of aryl methyl sites for hydroxylation is 1. The number of benzene rings is 1. The number of nitrogens with zero attached hydrogens (tertiary/aromatic N) is 5. The Bertz CT molecular complexity index is 1930. The predicted octanol–water partition coefficient (Wildman–Crippen LogP) is 3.57. The van der Waals surface area contributed by atoms with Crippen LogP contribution in [-0.4, -0.2) is 167 Å². The first-order valence-electron chi connectivity index (χ1n) is 22.5. The molecule has 3 N–H and O–H groups in total. The number of carbonyl (C=O) groups excluding carboxylic acids is 4. The lowest BCUT2D eigenvalue weighted by atomic mass is 10.1. The van der Waals surface area contributed by atoms with E-state index >= 15 is 0 Å². The van der Waals surface area contributed by atoms with Crippen molar-refractivity contribution < 1.29 is 52.3 Å². The van der Waals surface area contributed by atoms with Gasteiger partial charge in [0.15, 0.2) is 0 Å². The highest BCUT2D eigenvalue weighted by Crippen LogP contribution is 2.28. The van der Waals surface area contributed by atoms with Gasteiger partial charge in [0, 0.05) is 68.6 Å². The Morgan fingerprint density at radius 1 is 0.734 bits per heavy atom. The van der Waals surface area contributed by atoms with E-state index < -0.39 is 17.8 Å². The standard InChI is InChI=1S/C46H67N7O11/c1-3-4-5-6-7-39-45-37(33-41(47)49-39)12-15-52(45)35-38-9-8-36(32-40(38)58-2)34-50-16-18-51(19-17-50)42(54)13-20-59-22-24-61-26-28-63-30-31-64-29-27-62-25-23-60-21-14-48-46(57)53-43(55)10-11-44(53)56/h8-12,15,32-33H,3-7,13-14,16-31,34-35H2,1-2H3,(H2,47,49)(H,48,57). The maximum absolute atomic E-state index is 12.9. The number of anilines is 1. The molecule has 3 aromatic rings. The molecule has 352 valence electrons. The monoisotopic (exact) mass is 893 g/mol. The number of fused-ring (bicyclic) bond motifs is 1. The minimum absolute atomic E-state index is 0.106. The average molecular weight is 894 g/mol. The van der Waals surface area contributed by atoms with Gasteiger partial charge in [-0.15, -0.1) is 0 Å². The number of rotatable bonds is 31. The number of piperazine rings is 1. The Kier molecular flexibility index (Phi) is 21.9. The van der Waals surface area contributed by atoms with E-state index in [1.54, 1.807) is 7.11 Å². The van der Waals surface area contributed by atoms with E-state index in [1.807, 2.05) is 11.0 Å². The average Bonchev–Trinajstić information content (AvgIpc) is 3.86. The zero-order chi connectivity index (χ0) is 45.4. The Labute approximate surface area is 376 Å². The third kappa shape index (κ3) is 16.6. The quantitative estimate of drug-likeness (QED) is 0.0702. The second-order valence-corrected chi connectivity index (χ2v) is 15.5. The Hall–Kier alpha value is -4.95. The van der Waals surface area contributed by atoms with Gasteiger partial charge in [-0.3, -0.25) is 19.3 Å². The highest BCUT2D eigenvalue weighted by molar-refractivity contribution is 6.22. The van der Waals surface area contributed by atoms with Crippen molar-refractivity contribution in [1.29, 1.82) is 0 Å². The number of hydrogen-bond acceptors (Lipinski definition) is 14. The van der Waals surface area contributed by atoms with Gasteiger partial charge in [0.25, 0.3) is 11.8 Å². The molecule has 1 saturated heterocycles. The molecule has 0 aliphatic carbocycles. The summed E-state index contributed by atoms with van der Waals surface area (Å²) >= 11 is 0. The van der Waals surface area contributed by atoms with Crippen LogP contribution in [0.4, 0.5) is 10.6 Å². The summed E-state index contributed by atoms with van der Waals surface area (Å²) in [4.78, 5) is 57.2. The van der Waals surface area contributed by atoms with Crippen molar-refractivity contribution in [2.24, 2.45) is 0 Å². The zero-order valence-electron chi connectivity index (χ0n) is 37.6. The Balaban J connectivity index is 0.829. The van der Waals surface area contributed by atoms with E-state index in [4.69, 9.17) is 43.9 Å². The molecule has 0 saturated carbocycles. The molecule has 0 unspecified atom stereocenters. The molecule has 64 heavy (non-hydrogen) atoms. The van der Waals surface area contributed by atoms with E-state index in [1.165, 1.54) is 24.8 Å². The van der Waals surface area contributed by atoms with Gasteiger partial charge in [-0.05, 0) is 36.6 Å². The maximum Gasteiger partial charge on any atom is 0.331 e. The number of hydrogen-bond donors (Lipinski definition) is 2. The fraction of sp³-hybridized carbons (Fsp3) is 0.587. The van der Waals surface area contributed by atoms with Crippen molar-refractivity contribution in [3.8, 4) is 5.75 Å². The van der Waals surface area contributed by atoms with Crippen LogP contribution in [0, 0.1) is 0 Å². The largest absolute Gasteiger partial charge is 0.496 e. The summed E-state index contributed by atoms with van der Waals surface area (Å²) < 4.78 is 41.1. The second-order valence-electron chi connectivity index (χ2n) is 15.5. The second kappa shape index (κ2) is 28.1. The van der Waals surface area contributed by atoms with E-state index in [-0.39, 0.29) is 19.1 Å². The van der Waals surface area contributed by atoms with Crippen LogP contribution in [0.1, 0.15) is 55.8 Å². The van der Waals surface area contributed by atoms with Crippen LogP contribution in [0.5, 0.6) is 5.75 Å². The number of nitrogens with two attached hydrogens (primary N) is 1. The number of pyridine rings is 1. The molecule has 0 radical (unpaired) electrons. The van der Waals surface area contributed by atoms with Crippen molar-refractivity contribution in [2.45, 2.75) is 58.5 Å². The highest BCUT2D eigenvalue weighted by Gasteiger charge is 2.29. The van der Waals surface area contributed by atoms with E-state index in [0.717, 1.165) is 72.5 Å². The van der Waals surface area contributed by atoms with Crippen molar-refractivity contribution >= 4 is 40.5 Å². The fourth-order valence-electron chi connectivity index (χ4n) is 7.41. The molecule has 2 aromatic heterocycles. The van der Waals surface area contributed by atoms with Gasteiger partial charge in [0.1, 0.15) is 11.6 Å². The van der Waals surface area contributed by atoms with E-state index in [9.17, 15) is 19.2 Å². The minimum Gasteiger partial charge on any atom is -0.496 e. The summed E-state index contributed by atoms with van der Waals surface area (Å²) in [5.41, 5.74) is 10.7. The van der Waals surface area contributed by atoms with Gasteiger partial charge in [0.05, 0.1) is 111 Å². The number of urea groups is 1. The highest BCUT2D eigenvalue weighted by atomic mass is 16.6. The van der Waals surface area contributed by atoms with Crippen molar-refractivity contribution in [3.63, 3.8) is 0 Å². The van der Waals surface area contributed by atoms with Crippen LogP contribution in [0.2, 0.25) is 0 Å². The first-order valence-corrected chi connectivity index (χ1v) is 22.5. The van der Waals surface area contributed by atoms with Crippen LogP contribution < -0.4 is 15.8 Å². The first-order chi connectivity index (χ1) is 31.3. The van der Waals surface area contributed by atoms with Gasteiger partial charge in [-0.25, -0.2) is 9.78 Å². The van der Waals surface area contributed by atoms with E-state index in [2.05, 4.69) is 52.2 Å². The summed E-state index contributed by atoms with van der Waals surface area (Å²) in [6, 6.07) is 9.77. The number of unbranched alkanes of at least 4 members (excludes halogenated alkanes) is 3. The summed E-state index contributed by atoms with van der Waals surface area (Å²) in [5.74, 6) is 0.209. The van der Waals surface area contributed by atoms with Gasteiger partial charge >= 0.3 is 6.03 Å². The lowest BCUT2D eigenvalue weighted by Crippen LogP contribution is -2.48. The molecule has 0 bridgehead atoms. The normalized spacial score (nSPS) is 14.3. The molecule has 4 heterocycles. The van der Waals surface area contributed by atoms with Gasteiger partial charge in [-0.2, -0.15) is 4.90 Å². The molecule has 2 aliphatic heterocycles. The van der Waals surface area contributed by atoms with Crippen molar-refractivity contribution in [2.75, 3.05) is 125 Å². The molecule has 0 spiro atoms. The first kappa shape index (κ1) is 50.1. The number of aromatic nitrogens is 2. The third-order valence-corrected chi connectivity index (χ3v) is 10.8. The molecule has 5 amide bonds. The number of methoxy groups -OCH3 is 1. The smallest absolute Gasteiger partial charge is 0.331 e. The van der Waals surface area contributed by atoms with Crippen LogP contribution >= 0.6 is 0 Å². The maximum atomic E-state index is 12.9. The molecule has 18 nitrogen and oxygen atoms in total. The molecular weight excluding hydrogens is 827 g/mol. The summed E-state index contributed by atoms with van der Waals surface area (Å²) in [6.45, 7) is 11.4. The number of nitrogens with one attached hydrogen (secondary N) is 1. The number of amides is 5. The van der Waals surface area contributed by atoms with E-state index in [0.29, 0.717) is 109 Å². The van der Waals surface area contributed by atoms with Crippen molar-refractivity contribution in [3.05, 3.63) is 65.5 Å². The summed E-state index contributed by atoms with van der Waals surface area (Å²) in [7, 11) is 1.72. The molecule has 1 fully saturated rings. The molecular formula is C46H67N7O11. The molecule has 5 rings (SSSR count). The fourth-order valence-corrected chi connectivity index (χ4v) is 7.41. The van der Waals surface area contributed by atoms with Gasteiger partial charge in [0.2, 0.25) is 5.91 Å². The number of imide groups is 3. The third-order valence-electron chi connectivity index (χ3n) is 10.8. The summed E-state index contributed by atoms with van der Waals surface area (Å²) in [6.07, 6.45) is 10.2. The Morgan fingerprint density at radius 2 is 1.34 bits per heavy atom. The lowest BCUT2D eigenvalue weighted by Gasteiger charge is -2.35. The van der Waals surface area contributed by atoms with Gasteiger partial charge < -0.3 is 53.7 Å². The van der Waals surface area contributed by atoms with Gasteiger partial charge in [-0.1, -0.05) is 38.3 Å². The molecule has 0 atom stereocenters. The van der Waals surface area contributed by atoms with Crippen molar-refractivity contribution in [1.82, 2.24) is 29.6 Å². The van der Waals surface area contributed by atoms with Crippen LogP contribution in [-0.2, 0) is 62.3 Å². The SMILES string of the molecule is CCCCCCc1nc(N)cc2ccn(Cc3ccc(CN4CCN(C(=O)CCOCCOCCOCCOCCOCCOCCNC(=O)N5C(=O)C=CC5=O)CC4)cc3OC)c12. The lowest BCUT2D eigenvalue weighted by molar-refractivity contribution is -0.135. The van der Waals surface area contributed by atoms with Crippen LogP contribution in [0.3, 0.4) is 0 Å². The zero-order valence-corrected chi connectivity index (χ0v) is 37.6. The van der Waals surface area contributed by atoms with Crippen LogP contribution in [0.15, 0.2) is 48.7 Å². The number of carbonyl (C=O) groups is 4. The predicted molar refractivity (Wildman–Crippen MR) is 240 cm³/mol. The minimum atomic E-state index is -0.773. The number of nitrogen functional groups attached to an aromatic ring is 1. The van der Waals surface area contributed by atoms with Crippen LogP contribution in [0.25, 0.3) is 10.9 Å². The Morgan fingerprint density at radius 3 is 1.95 bits per heavy atom.